The summed E-state index contributed by atoms with van der Waals surface area (Å²) in [6.07, 6.45) is 0. The zero-order chi connectivity index (χ0) is 63.1. The molecule has 0 aliphatic rings. The maximum Gasteiger partial charge on any atom is 0.488 e. The Morgan fingerprint density at radius 2 is 0.543 bits per heavy atom. The molecule has 0 bridgehead atoms. The second kappa shape index (κ2) is 25.5. The molecule has 2 N–H and O–H groups in total. The second-order valence-electron chi connectivity index (χ2n) is 23.6. The van der Waals surface area contributed by atoms with Crippen molar-refractivity contribution in [3.05, 3.63) is 344 Å². The summed E-state index contributed by atoms with van der Waals surface area (Å²) in [6.45, 7) is 0. The summed E-state index contributed by atoms with van der Waals surface area (Å²) < 4.78 is 6.28. The molecule has 0 amide bonds. The molecule has 0 saturated carbocycles. The van der Waals surface area contributed by atoms with Crippen LogP contribution in [0.5, 0.6) is 0 Å². The number of fused-ring (bicyclic) bond motifs is 10. The maximum absolute atomic E-state index is 9.38. The molecule has 0 fully saturated rings. The minimum Gasteiger partial charge on any atom is -0.423 e. The highest BCUT2D eigenvalue weighted by atomic mass is 79.9. The van der Waals surface area contributed by atoms with Gasteiger partial charge in [0.15, 0.2) is 0 Å². The molecular formula is C88H58BBrO2S2. The fourth-order valence-corrected chi connectivity index (χ4v) is 16.7. The zero-order valence-electron chi connectivity index (χ0n) is 51.0. The van der Waals surface area contributed by atoms with Crippen LogP contribution >= 0.6 is 38.6 Å². The lowest BCUT2D eigenvalue weighted by Crippen LogP contribution is -2.29. The highest BCUT2D eigenvalue weighted by molar-refractivity contribution is 9.10. The zero-order valence-corrected chi connectivity index (χ0v) is 54.2. The number of halogens is 1. The van der Waals surface area contributed by atoms with Gasteiger partial charge in [0.1, 0.15) is 0 Å². The Morgan fingerprint density at radius 3 is 1.00 bits per heavy atom. The van der Waals surface area contributed by atoms with Gasteiger partial charge in [-0.2, -0.15) is 0 Å². The van der Waals surface area contributed by atoms with Crippen LogP contribution < -0.4 is 5.46 Å². The fourth-order valence-electron chi connectivity index (χ4n) is 13.9. The summed E-state index contributed by atoms with van der Waals surface area (Å²) in [5.74, 6) is 0. The molecule has 2 nitrogen and oxygen atoms in total. The Bertz CT molecular complexity index is 5850. The third-order valence-electron chi connectivity index (χ3n) is 18.1. The Morgan fingerprint density at radius 1 is 0.223 bits per heavy atom. The van der Waals surface area contributed by atoms with Gasteiger partial charge in [-0.1, -0.05) is 319 Å². The third-order valence-corrected chi connectivity index (χ3v) is 21.0. The van der Waals surface area contributed by atoms with Crippen LogP contribution in [0.4, 0.5) is 0 Å². The molecule has 94 heavy (non-hydrogen) atoms. The summed E-state index contributed by atoms with van der Waals surface area (Å²) in [4.78, 5) is 0. The summed E-state index contributed by atoms with van der Waals surface area (Å²) in [7, 11) is -1.44. The van der Waals surface area contributed by atoms with Gasteiger partial charge in [-0.25, -0.2) is 0 Å². The average Bonchev–Trinajstić information content (AvgIpc) is 1.03. The molecule has 0 aliphatic carbocycles. The Kier molecular flexibility index (Phi) is 15.9. The topological polar surface area (TPSA) is 40.5 Å². The van der Waals surface area contributed by atoms with Crippen molar-refractivity contribution in [2.45, 2.75) is 0 Å². The maximum atomic E-state index is 9.38. The van der Waals surface area contributed by atoms with E-state index in [0.717, 1.165) is 15.6 Å². The van der Waals surface area contributed by atoms with E-state index in [1.807, 2.05) is 29.5 Å². The first-order chi connectivity index (χ1) is 46.4. The molecule has 444 valence electrons. The smallest absolute Gasteiger partial charge is 0.423 e. The van der Waals surface area contributed by atoms with Crippen molar-refractivity contribution in [3.8, 4) is 77.9 Å². The fraction of sp³-hybridized carbons (Fsp3) is 0. The van der Waals surface area contributed by atoms with Crippen molar-refractivity contribution in [1.29, 1.82) is 0 Å². The van der Waals surface area contributed by atoms with Crippen molar-refractivity contribution in [2.75, 3.05) is 0 Å². The molecule has 0 radical (unpaired) electrons. The van der Waals surface area contributed by atoms with E-state index in [1.165, 1.54) is 150 Å². The van der Waals surface area contributed by atoms with Crippen LogP contribution in [0.25, 0.3) is 161 Å². The summed E-state index contributed by atoms with van der Waals surface area (Å²) in [5.41, 5.74) is 17.8. The van der Waals surface area contributed by atoms with Crippen molar-refractivity contribution in [1.82, 2.24) is 0 Å². The van der Waals surface area contributed by atoms with Gasteiger partial charge in [-0.05, 0) is 163 Å². The minimum absolute atomic E-state index is 0.510. The SMILES string of the molecule is Brc1ccc2c(-c3ccccc3)c3ccccc3c(-c3ccccc3)c2c1.OB(O)c1cccc(-c2cccc3c2sc2ccccc23)c1.c1ccc(-c2c3ccccc3c(-c3ccccc3)c3cc(-c4cccc(-c5cccc6c5sc5ccccc56)c4)ccc23)cc1. The number of thiophene rings is 2. The molecule has 2 aromatic heterocycles. The van der Waals surface area contributed by atoms with E-state index in [2.05, 4.69) is 331 Å². The van der Waals surface area contributed by atoms with Crippen LogP contribution in [0.3, 0.4) is 0 Å². The number of benzene rings is 16. The van der Waals surface area contributed by atoms with E-state index in [9.17, 15) is 10.0 Å². The summed E-state index contributed by atoms with van der Waals surface area (Å²) >= 11 is 7.34. The average molecular weight is 1300 g/mol. The van der Waals surface area contributed by atoms with Gasteiger partial charge >= 0.3 is 7.12 Å². The van der Waals surface area contributed by atoms with Crippen LogP contribution in [-0.2, 0) is 0 Å². The normalized spacial score (nSPS) is 11.4. The van der Waals surface area contributed by atoms with E-state index in [0.29, 0.717) is 5.46 Å². The quantitative estimate of drug-likeness (QED) is 0.118. The Balaban J connectivity index is 0.000000121. The van der Waals surface area contributed by atoms with Crippen molar-refractivity contribution in [2.24, 2.45) is 0 Å². The highest BCUT2D eigenvalue weighted by Crippen LogP contribution is 2.48. The molecular weight excluding hydrogens is 1240 g/mol. The van der Waals surface area contributed by atoms with Crippen LogP contribution in [0.15, 0.2) is 344 Å². The lowest BCUT2D eigenvalue weighted by atomic mass is 9.79. The van der Waals surface area contributed by atoms with E-state index >= 15 is 0 Å². The molecule has 0 unspecified atom stereocenters. The molecule has 18 aromatic rings. The predicted octanol–water partition coefficient (Wildman–Crippen LogP) is 24.5. The largest absolute Gasteiger partial charge is 0.488 e. The first-order valence-corrected chi connectivity index (χ1v) is 34.0. The lowest BCUT2D eigenvalue weighted by Gasteiger charge is -2.19. The van der Waals surface area contributed by atoms with E-state index in [-0.39, 0.29) is 0 Å². The molecule has 16 aromatic carbocycles. The van der Waals surface area contributed by atoms with Gasteiger partial charge in [0.2, 0.25) is 0 Å². The number of hydrogen-bond acceptors (Lipinski definition) is 4. The summed E-state index contributed by atoms with van der Waals surface area (Å²) in [5, 5.41) is 34.2. The minimum atomic E-state index is -1.44. The van der Waals surface area contributed by atoms with Gasteiger partial charge in [0.05, 0.1) is 0 Å². The van der Waals surface area contributed by atoms with Crippen LogP contribution in [0.1, 0.15) is 0 Å². The third kappa shape index (κ3) is 11.0. The van der Waals surface area contributed by atoms with E-state index < -0.39 is 7.12 Å². The van der Waals surface area contributed by atoms with Gasteiger partial charge < -0.3 is 10.0 Å². The first-order valence-electron chi connectivity index (χ1n) is 31.6. The van der Waals surface area contributed by atoms with Crippen molar-refractivity contribution in [3.63, 3.8) is 0 Å². The molecule has 18 rings (SSSR count). The lowest BCUT2D eigenvalue weighted by molar-refractivity contribution is 0.426. The van der Waals surface area contributed by atoms with Crippen LogP contribution in [0.2, 0.25) is 0 Å². The number of hydrogen-bond donors (Lipinski definition) is 2. The Labute approximate surface area is 562 Å². The monoisotopic (exact) mass is 1300 g/mol. The molecule has 2 heterocycles. The second-order valence-corrected chi connectivity index (χ2v) is 26.7. The molecule has 0 atom stereocenters. The van der Waals surface area contributed by atoms with Crippen LogP contribution in [-0.4, -0.2) is 17.2 Å². The molecule has 0 spiro atoms. The van der Waals surface area contributed by atoms with Crippen molar-refractivity contribution >= 4 is 135 Å². The van der Waals surface area contributed by atoms with Gasteiger partial charge in [0, 0.05) is 44.8 Å². The Hall–Kier alpha value is -10.5. The number of rotatable bonds is 8. The predicted molar refractivity (Wildman–Crippen MR) is 411 cm³/mol. The van der Waals surface area contributed by atoms with Gasteiger partial charge in [-0.15, -0.1) is 22.7 Å². The van der Waals surface area contributed by atoms with E-state index in [4.69, 9.17) is 0 Å². The van der Waals surface area contributed by atoms with Gasteiger partial charge in [-0.3, -0.25) is 0 Å². The van der Waals surface area contributed by atoms with Crippen molar-refractivity contribution < 1.29 is 10.0 Å². The molecule has 6 heteroatoms. The van der Waals surface area contributed by atoms with Gasteiger partial charge in [0.25, 0.3) is 0 Å². The highest BCUT2D eigenvalue weighted by Gasteiger charge is 2.21. The van der Waals surface area contributed by atoms with E-state index in [1.54, 1.807) is 17.4 Å². The van der Waals surface area contributed by atoms with Crippen LogP contribution in [0, 0.1) is 0 Å². The standard InChI is InChI=1S/C44H28S.C26H17Br.C18H13BO2S/c1-3-13-29(14-4-1)42-36-20-7-8-21-37(36)43(30-15-5-2-6-16-30)40-28-32(25-26-38(40)42)31-17-11-18-33(27-31)34-22-12-23-39-35-19-9-10-24-41(35)45-44(34)39;27-20-15-16-23-24(17-20)26(19-11-5-2-6-12-19)22-14-8-7-13-21(22)25(23)18-9-3-1-4-10-18;20-19(21)13-6-3-5-12(11-13)14-8-4-9-16-15-7-1-2-10-17(15)22-18(14)16/h1-28H;1-17H;1-11,20-21H. The molecule has 0 aliphatic heterocycles. The molecule has 0 saturated heterocycles. The first kappa shape index (κ1) is 58.5. The summed E-state index contributed by atoms with van der Waals surface area (Å²) in [6, 6.07) is 121.